The first-order chi connectivity index (χ1) is 12.0. The van der Waals surface area contributed by atoms with Gasteiger partial charge in [-0.05, 0) is 12.8 Å². The van der Waals surface area contributed by atoms with Gasteiger partial charge >= 0.3 is 0 Å². The molecule has 3 heterocycles. The number of hydrogen-bond donors (Lipinski definition) is 1. The van der Waals surface area contributed by atoms with Crippen LogP contribution in [0.5, 0.6) is 0 Å². The first-order valence-corrected chi connectivity index (χ1v) is 8.85. The normalized spacial score (nSPS) is 11.4. The van der Waals surface area contributed by atoms with E-state index in [9.17, 15) is 9.59 Å². The summed E-state index contributed by atoms with van der Waals surface area (Å²) in [5.74, 6) is 0.00217. The molecule has 10 heteroatoms. The van der Waals surface area contributed by atoms with Crippen LogP contribution in [0.2, 0.25) is 0 Å². The third kappa shape index (κ3) is 3.43. The molecule has 25 heavy (non-hydrogen) atoms. The predicted octanol–water partition coefficient (Wildman–Crippen LogP) is 1.52. The van der Waals surface area contributed by atoms with Gasteiger partial charge in [-0.25, -0.2) is 4.98 Å². The molecule has 0 atom stereocenters. The number of nitrogens with one attached hydrogen (secondary N) is 1. The number of amides is 1. The molecule has 3 aromatic heterocycles. The highest BCUT2D eigenvalue weighted by atomic mass is 32.1. The lowest BCUT2D eigenvalue weighted by molar-refractivity contribution is -0.116. The quantitative estimate of drug-likeness (QED) is 0.713. The monoisotopic (exact) mass is 361 g/mol. The molecule has 0 aliphatic rings. The van der Waals surface area contributed by atoms with Crippen LogP contribution in [0.3, 0.4) is 0 Å². The van der Waals surface area contributed by atoms with Gasteiger partial charge in [0, 0.05) is 13.0 Å². The van der Waals surface area contributed by atoms with E-state index in [1.54, 1.807) is 7.05 Å². The fourth-order valence-corrected chi connectivity index (χ4v) is 3.61. The molecule has 0 aliphatic carbocycles. The fraction of sp³-hybridized carbons (Fsp3) is 0.467. The molecule has 0 spiro atoms. The summed E-state index contributed by atoms with van der Waals surface area (Å²) >= 11 is 1.37. The number of carbonyl (C=O) groups excluding carboxylic acids is 1. The van der Waals surface area contributed by atoms with E-state index in [4.69, 9.17) is 0 Å². The fourth-order valence-electron chi connectivity index (χ4n) is 2.58. The Kier molecular flexibility index (Phi) is 4.88. The SMILES string of the molecule is CCC(CC)c1nnc(NC(=O)Cn2cnc3c(cnn3C)c2=O)s1. The van der Waals surface area contributed by atoms with Crippen molar-refractivity contribution < 1.29 is 4.79 Å². The number of fused-ring (bicyclic) bond motifs is 1. The number of hydrogen-bond acceptors (Lipinski definition) is 7. The summed E-state index contributed by atoms with van der Waals surface area (Å²) < 4.78 is 2.77. The van der Waals surface area contributed by atoms with Gasteiger partial charge in [0.2, 0.25) is 11.0 Å². The lowest BCUT2D eigenvalue weighted by atomic mass is 10.1. The maximum atomic E-state index is 12.4. The van der Waals surface area contributed by atoms with E-state index in [2.05, 4.69) is 39.4 Å². The second kappa shape index (κ2) is 7.09. The smallest absolute Gasteiger partial charge is 0.264 e. The topological polar surface area (TPSA) is 108 Å². The Morgan fingerprint density at radius 3 is 2.80 bits per heavy atom. The van der Waals surface area contributed by atoms with Gasteiger partial charge in [-0.2, -0.15) is 5.10 Å². The summed E-state index contributed by atoms with van der Waals surface area (Å²) in [6.07, 6.45) is 4.75. The Bertz CT molecular complexity index is 954. The Labute approximate surface area is 147 Å². The molecule has 3 aromatic rings. The van der Waals surface area contributed by atoms with Crippen molar-refractivity contribution in [1.82, 2.24) is 29.5 Å². The summed E-state index contributed by atoms with van der Waals surface area (Å²) in [6.45, 7) is 4.06. The minimum Gasteiger partial charge on any atom is -0.299 e. The molecule has 1 amide bonds. The molecule has 9 nitrogen and oxygen atoms in total. The zero-order chi connectivity index (χ0) is 18.0. The number of carbonyl (C=O) groups is 1. The number of rotatable bonds is 6. The molecular formula is C15H19N7O2S. The standard InChI is InChI=1S/C15H19N7O2S/c1-4-9(5-2)13-19-20-15(25-13)18-11(23)7-22-8-16-12-10(14(22)24)6-17-21(12)3/h6,8-9H,4-5,7H2,1-3H3,(H,18,20,23). The van der Waals surface area contributed by atoms with Crippen LogP contribution in [-0.4, -0.2) is 35.4 Å². The van der Waals surface area contributed by atoms with Gasteiger partial charge in [0.1, 0.15) is 23.3 Å². The van der Waals surface area contributed by atoms with Crippen molar-refractivity contribution in [2.75, 3.05) is 5.32 Å². The molecule has 0 unspecified atom stereocenters. The zero-order valence-corrected chi connectivity index (χ0v) is 15.1. The molecule has 0 aliphatic heterocycles. The van der Waals surface area contributed by atoms with Crippen LogP contribution in [0, 0.1) is 0 Å². The number of aryl methyl sites for hydroxylation is 1. The van der Waals surface area contributed by atoms with Crippen molar-refractivity contribution in [2.24, 2.45) is 7.05 Å². The van der Waals surface area contributed by atoms with E-state index in [0.717, 1.165) is 17.8 Å². The molecule has 0 aromatic carbocycles. The lowest BCUT2D eigenvalue weighted by Gasteiger charge is -2.06. The summed E-state index contributed by atoms with van der Waals surface area (Å²) in [4.78, 5) is 28.7. The lowest BCUT2D eigenvalue weighted by Crippen LogP contribution is -2.27. The third-order valence-corrected chi connectivity index (χ3v) is 5.06. The predicted molar refractivity (Wildman–Crippen MR) is 94.6 cm³/mol. The van der Waals surface area contributed by atoms with Gasteiger partial charge in [-0.15, -0.1) is 10.2 Å². The minimum atomic E-state index is -0.348. The molecule has 1 N–H and O–H groups in total. The van der Waals surface area contributed by atoms with Crippen molar-refractivity contribution in [3.05, 3.63) is 27.9 Å². The highest BCUT2D eigenvalue weighted by molar-refractivity contribution is 7.15. The van der Waals surface area contributed by atoms with Crippen LogP contribution in [0.15, 0.2) is 17.3 Å². The van der Waals surface area contributed by atoms with E-state index < -0.39 is 0 Å². The van der Waals surface area contributed by atoms with Crippen LogP contribution in [-0.2, 0) is 18.4 Å². The first kappa shape index (κ1) is 17.2. The van der Waals surface area contributed by atoms with E-state index in [0.29, 0.717) is 22.1 Å². The van der Waals surface area contributed by atoms with Crippen LogP contribution in [0.25, 0.3) is 11.0 Å². The van der Waals surface area contributed by atoms with Gasteiger partial charge in [0.15, 0.2) is 5.65 Å². The van der Waals surface area contributed by atoms with E-state index in [-0.39, 0.29) is 18.0 Å². The highest BCUT2D eigenvalue weighted by Crippen LogP contribution is 2.27. The average molecular weight is 361 g/mol. The Hall–Kier alpha value is -2.62. The number of anilines is 1. The molecular weight excluding hydrogens is 342 g/mol. The van der Waals surface area contributed by atoms with Gasteiger partial charge in [0.25, 0.3) is 5.56 Å². The average Bonchev–Trinajstić information content (AvgIpc) is 3.19. The van der Waals surface area contributed by atoms with Crippen molar-refractivity contribution in [1.29, 1.82) is 0 Å². The van der Waals surface area contributed by atoms with Crippen molar-refractivity contribution in [2.45, 2.75) is 39.2 Å². The highest BCUT2D eigenvalue weighted by Gasteiger charge is 2.15. The van der Waals surface area contributed by atoms with Crippen LogP contribution in [0.1, 0.15) is 37.6 Å². The molecule has 132 valence electrons. The molecule has 0 fully saturated rings. The maximum absolute atomic E-state index is 12.4. The molecule has 0 saturated heterocycles. The van der Waals surface area contributed by atoms with Gasteiger partial charge < -0.3 is 0 Å². The summed E-state index contributed by atoms with van der Waals surface area (Å²) in [5, 5.41) is 16.6. The van der Waals surface area contributed by atoms with E-state index in [1.807, 2.05) is 0 Å². The van der Waals surface area contributed by atoms with Crippen LogP contribution < -0.4 is 10.9 Å². The number of nitrogens with zero attached hydrogens (tertiary/aromatic N) is 6. The van der Waals surface area contributed by atoms with E-state index in [1.165, 1.54) is 33.1 Å². The van der Waals surface area contributed by atoms with Crippen LogP contribution >= 0.6 is 11.3 Å². The zero-order valence-electron chi connectivity index (χ0n) is 14.3. The minimum absolute atomic E-state index is 0.142. The largest absolute Gasteiger partial charge is 0.299 e. The Balaban J connectivity index is 1.73. The second-order valence-corrected chi connectivity index (χ2v) is 6.70. The Morgan fingerprint density at radius 2 is 2.08 bits per heavy atom. The van der Waals surface area contributed by atoms with Crippen molar-refractivity contribution in [3.63, 3.8) is 0 Å². The first-order valence-electron chi connectivity index (χ1n) is 8.03. The second-order valence-electron chi connectivity index (χ2n) is 5.69. The molecule has 0 radical (unpaired) electrons. The summed E-state index contributed by atoms with van der Waals surface area (Å²) in [5.41, 5.74) is 0.184. The van der Waals surface area contributed by atoms with Crippen molar-refractivity contribution in [3.8, 4) is 0 Å². The summed E-state index contributed by atoms with van der Waals surface area (Å²) in [6, 6.07) is 0. The molecule has 0 bridgehead atoms. The summed E-state index contributed by atoms with van der Waals surface area (Å²) in [7, 11) is 1.71. The Morgan fingerprint density at radius 1 is 1.32 bits per heavy atom. The van der Waals surface area contributed by atoms with Gasteiger partial charge in [-0.1, -0.05) is 25.2 Å². The third-order valence-electron chi connectivity index (χ3n) is 4.05. The van der Waals surface area contributed by atoms with Crippen molar-refractivity contribution >= 4 is 33.4 Å². The maximum Gasteiger partial charge on any atom is 0.264 e. The van der Waals surface area contributed by atoms with Crippen LogP contribution in [0.4, 0.5) is 5.13 Å². The van der Waals surface area contributed by atoms with Gasteiger partial charge in [-0.3, -0.25) is 24.2 Å². The number of aromatic nitrogens is 6. The molecule has 3 rings (SSSR count). The van der Waals surface area contributed by atoms with Gasteiger partial charge in [0.05, 0.1) is 6.20 Å². The van der Waals surface area contributed by atoms with E-state index >= 15 is 0 Å². The molecule has 0 saturated carbocycles.